The van der Waals surface area contributed by atoms with Gasteiger partial charge >= 0.3 is 6.03 Å². The van der Waals surface area contributed by atoms with E-state index in [1.54, 1.807) is 30.0 Å². The van der Waals surface area contributed by atoms with Gasteiger partial charge in [-0.1, -0.05) is 0 Å². The molecule has 10 heteroatoms. The van der Waals surface area contributed by atoms with Gasteiger partial charge in [0.05, 0.1) is 6.54 Å². The maximum atomic E-state index is 12.6. The quantitative estimate of drug-likeness (QED) is 0.835. The van der Waals surface area contributed by atoms with Crippen LogP contribution in [-0.2, 0) is 11.3 Å². The maximum Gasteiger partial charge on any atom is 0.325 e. The summed E-state index contributed by atoms with van der Waals surface area (Å²) in [5.41, 5.74) is 0.712. The number of carbonyl (C=O) groups excluding carboxylic acids is 2. The molecule has 3 amide bonds. The molecule has 0 bridgehead atoms. The van der Waals surface area contributed by atoms with Crippen LogP contribution in [0.5, 0.6) is 11.5 Å². The van der Waals surface area contributed by atoms with Gasteiger partial charge < -0.3 is 24.1 Å². The van der Waals surface area contributed by atoms with E-state index in [2.05, 4.69) is 15.5 Å². The number of aryl methyl sites for hydroxylation is 1. The van der Waals surface area contributed by atoms with Crippen molar-refractivity contribution in [2.45, 2.75) is 13.5 Å². The van der Waals surface area contributed by atoms with Gasteiger partial charge in [0.2, 0.25) is 24.5 Å². The molecule has 1 aromatic carbocycles. The molecule has 0 atom stereocenters. The van der Waals surface area contributed by atoms with Crippen molar-refractivity contribution in [2.24, 2.45) is 0 Å². The average Bonchev–Trinajstić information content (AvgIpc) is 3.34. The number of benzene rings is 1. The Morgan fingerprint density at radius 3 is 2.88 bits per heavy atom. The molecule has 3 heterocycles. The number of anilines is 1. The fraction of sp³-hybridized carbons (Fsp3) is 0.375. The summed E-state index contributed by atoms with van der Waals surface area (Å²) in [6, 6.07) is 5.11. The van der Waals surface area contributed by atoms with Crippen LogP contribution in [0.3, 0.4) is 0 Å². The van der Waals surface area contributed by atoms with Crippen LogP contribution in [0.4, 0.5) is 10.5 Å². The predicted octanol–water partition coefficient (Wildman–Crippen LogP) is 0.665. The first kappa shape index (κ1) is 16.2. The fourth-order valence-electron chi connectivity index (χ4n) is 2.83. The zero-order valence-electron chi connectivity index (χ0n) is 14.1. The smallest absolute Gasteiger partial charge is 0.325 e. The molecular formula is C16H17N5O5. The highest BCUT2D eigenvalue weighted by atomic mass is 16.7. The van der Waals surface area contributed by atoms with Gasteiger partial charge in [0.15, 0.2) is 11.5 Å². The van der Waals surface area contributed by atoms with E-state index in [1.165, 1.54) is 4.90 Å². The Kier molecular flexibility index (Phi) is 4.07. The van der Waals surface area contributed by atoms with E-state index in [-0.39, 0.29) is 31.8 Å². The number of carbonyl (C=O) groups is 2. The van der Waals surface area contributed by atoms with Crippen LogP contribution >= 0.6 is 0 Å². The van der Waals surface area contributed by atoms with Crippen LogP contribution in [0.2, 0.25) is 0 Å². The molecule has 2 aromatic rings. The van der Waals surface area contributed by atoms with E-state index < -0.39 is 0 Å². The van der Waals surface area contributed by atoms with Crippen LogP contribution < -0.4 is 19.7 Å². The monoisotopic (exact) mass is 359 g/mol. The van der Waals surface area contributed by atoms with Crippen LogP contribution in [0.25, 0.3) is 0 Å². The number of aromatic nitrogens is 2. The average molecular weight is 359 g/mol. The largest absolute Gasteiger partial charge is 0.454 e. The Bertz CT molecular complexity index is 851. The van der Waals surface area contributed by atoms with Gasteiger partial charge in [-0.25, -0.2) is 4.79 Å². The molecule has 26 heavy (non-hydrogen) atoms. The number of rotatable bonds is 5. The minimum atomic E-state index is -0.290. The van der Waals surface area contributed by atoms with Crippen molar-refractivity contribution in [1.29, 1.82) is 0 Å². The molecule has 0 aliphatic carbocycles. The van der Waals surface area contributed by atoms with Crippen LogP contribution in [-0.4, -0.2) is 53.5 Å². The molecule has 10 nitrogen and oxygen atoms in total. The third kappa shape index (κ3) is 3.13. The molecule has 2 aliphatic heterocycles. The topological polar surface area (TPSA) is 110 Å². The molecule has 0 unspecified atom stereocenters. The second-order valence-corrected chi connectivity index (χ2v) is 5.88. The lowest BCUT2D eigenvalue weighted by Crippen LogP contribution is -2.39. The van der Waals surface area contributed by atoms with Crippen LogP contribution in [0.15, 0.2) is 22.6 Å². The first-order valence-electron chi connectivity index (χ1n) is 8.12. The molecule has 2 aliphatic rings. The number of hydrogen-bond donors (Lipinski definition) is 1. The van der Waals surface area contributed by atoms with Gasteiger partial charge in [0, 0.05) is 31.8 Å². The molecule has 0 saturated carbocycles. The van der Waals surface area contributed by atoms with Crippen molar-refractivity contribution < 1.29 is 23.5 Å². The number of fused-ring (bicyclic) bond motifs is 1. The second-order valence-electron chi connectivity index (χ2n) is 5.88. The number of nitrogens with one attached hydrogen (secondary N) is 1. The van der Waals surface area contributed by atoms with E-state index in [9.17, 15) is 9.59 Å². The lowest BCUT2D eigenvalue weighted by atomic mass is 10.2. The molecular weight excluding hydrogens is 342 g/mol. The first-order valence-corrected chi connectivity index (χ1v) is 8.12. The minimum absolute atomic E-state index is 0.0347. The summed E-state index contributed by atoms with van der Waals surface area (Å²) in [5.74, 6) is 1.74. The van der Waals surface area contributed by atoms with E-state index in [4.69, 9.17) is 13.9 Å². The summed E-state index contributed by atoms with van der Waals surface area (Å²) in [7, 11) is 0. The van der Waals surface area contributed by atoms with E-state index in [1.807, 2.05) is 0 Å². The molecule has 0 spiro atoms. The highest BCUT2D eigenvalue weighted by molar-refractivity contribution is 5.96. The normalized spacial score (nSPS) is 15.7. The molecule has 0 radical (unpaired) electrons. The van der Waals surface area contributed by atoms with Gasteiger partial charge in [-0.3, -0.25) is 9.69 Å². The van der Waals surface area contributed by atoms with Crippen molar-refractivity contribution >= 4 is 17.6 Å². The summed E-state index contributed by atoms with van der Waals surface area (Å²) < 4.78 is 15.8. The highest BCUT2D eigenvalue weighted by Gasteiger charge is 2.31. The maximum absolute atomic E-state index is 12.6. The van der Waals surface area contributed by atoms with E-state index >= 15 is 0 Å². The zero-order valence-corrected chi connectivity index (χ0v) is 14.1. The standard InChI is InChI=1S/C16H17N5O5/c1-10-18-19-15(26-10)7-17-14(22)8-20-4-5-21(16(20)23)11-2-3-12-13(6-11)25-9-24-12/h2-3,6H,4-5,7-9H2,1H3,(H,17,22). The van der Waals surface area contributed by atoms with Gasteiger partial charge in [-0.2, -0.15) is 0 Å². The number of amides is 3. The molecule has 136 valence electrons. The molecule has 1 fully saturated rings. The molecule has 1 aromatic heterocycles. The summed E-state index contributed by atoms with van der Waals surface area (Å²) in [4.78, 5) is 27.7. The van der Waals surface area contributed by atoms with E-state index in [0.29, 0.717) is 42.1 Å². The van der Waals surface area contributed by atoms with Gasteiger partial charge in [0.1, 0.15) is 6.54 Å². The van der Waals surface area contributed by atoms with Crippen molar-refractivity contribution in [3.63, 3.8) is 0 Å². The first-order chi connectivity index (χ1) is 12.6. The lowest BCUT2D eigenvalue weighted by Gasteiger charge is -2.18. The van der Waals surface area contributed by atoms with Gasteiger partial charge in [-0.15, -0.1) is 10.2 Å². The molecule has 4 rings (SSSR count). The molecule has 1 N–H and O–H groups in total. The summed E-state index contributed by atoms with van der Waals surface area (Å²) in [5, 5.41) is 10.2. The summed E-state index contributed by atoms with van der Waals surface area (Å²) >= 11 is 0. The third-order valence-electron chi connectivity index (χ3n) is 4.10. The second kappa shape index (κ2) is 6.54. The third-order valence-corrected chi connectivity index (χ3v) is 4.10. The summed E-state index contributed by atoms with van der Waals surface area (Å²) in [6.07, 6.45) is 0. The number of hydrogen-bond acceptors (Lipinski definition) is 7. The van der Waals surface area contributed by atoms with Crippen LogP contribution in [0.1, 0.15) is 11.8 Å². The Morgan fingerprint density at radius 1 is 1.23 bits per heavy atom. The van der Waals surface area contributed by atoms with Crippen molar-refractivity contribution in [3.8, 4) is 11.5 Å². The van der Waals surface area contributed by atoms with Crippen molar-refractivity contribution in [3.05, 3.63) is 30.0 Å². The lowest BCUT2D eigenvalue weighted by molar-refractivity contribution is -0.121. The summed E-state index contributed by atoms with van der Waals surface area (Å²) in [6.45, 7) is 2.90. The number of nitrogens with zero attached hydrogens (tertiary/aromatic N) is 4. The minimum Gasteiger partial charge on any atom is -0.454 e. The zero-order chi connectivity index (χ0) is 18.1. The Hall–Kier alpha value is -3.30. The van der Waals surface area contributed by atoms with Crippen molar-refractivity contribution in [1.82, 2.24) is 20.4 Å². The SMILES string of the molecule is Cc1nnc(CNC(=O)CN2CCN(c3ccc4c(c3)OCO4)C2=O)o1. The predicted molar refractivity (Wildman–Crippen MR) is 87.8 cm³/mol. The van der Waals surface area contributed by atoms with Gasteiger partial charge in [0.25, 0.3) is 0 Å². The Morgan fingerprint density at radius 2 is 2.08 bits per heavy atom. The Labute approximate surface area is 148 Å². The van der Waals surface area contributed by atoms with Crippen molar-refractivity contribution in [2.75, 3.05) is 31.3 Å². The van der Waals surface area contributed by atoms with E-state index in [0.717, 1.165) is 0 Å². The Balaban J connectivity index is 1.34. The van der Waals surface area contributed by atoms with Gasteiger partial charge in [-0.05, 0) is 12.1 Å². The number of urea groups is 1. The fourth-order valence-corrected chi connectivity index (χ4v) is 2.83. The highest BCUT2D eigenvalue weighted by Crippen LogP contribution is 2.36. The number of ether oxygens (including phenoxy) is 2. The van der Waals surface area contributed by atoms with Crippen LogP contribution in [0, 0.1) is 6.92 Å². The molecule has 1 saturated heterocycles.